The summed E-state index contributed by atoms with van der Waals surface area (Å²) >= 11 is 0. The van der Waals surface area contributed by atoms with Crippen LogP contribution in [0.15, 0.2) is 24.3 Å². The minimum atomic E-state index is -0.709. The normalized spacial score (nSPS) is 29.2. The molecule has 0 atom stereocenters. The minimum absolute atomic E-state index is 0.0191. The molecule has 4 heteroatoms. The maximum atomic E-state index is 12.5. The van der Waals surface area contributed by atoms with Crippen LogP contribution in [0.2, 0.25) is 0 Å². The van der Waals surface area contributed by atoms with E-state index in [0.717, 1.165) is 63.6 Å². The largest absolute Gasteiger partial charge is 0.480 e. The van der Waals surface area contributed by atoms with Crippen LogP contribution in [0.5, 0.6) is 11.5 Å². The zero-order chi connectivity index (χ0) is 21.4. The minimum Gasteiger partial charge on any atom is -0.480 e. The lowest BCUT2D eigenvalue weighted by atomic mass is 9.78. The molecular weight excluding hydrogens is 376 g/mol. The second kappa shape index (κ2) is 11.0. The first-order valence-corrected chi connectivity index (χ1v) is 12.0. The Bertz CT molecular complexity index is 665. The van der Waals surface area contributed by atoms with Gasteiger partial charge < -0.3 is 9.47 Å². The topological polar surface area (TPSA) is 52.6 Å². The van der Waals surface area contributed by atoms with Crippen molar-refractivity contribution in [1.29, 1.82) is 0 Å². The average Bonchev–Trinajstić information content (AvgIpc) is 2.77. The quantitative estimate of drug-likeness (QED) is 0.263. The van der Waals surface area contributed by atoms with E-state index >= 15 is 0 Å². The van der Waals surface area contributed by atoms with Gasteiger partial charge in [-0.3, -0.25) is 9.59 Å². The second-order valence-corrected chi connectivity index (χ2v) is 9.42. The molecule has 0 saturated heterocycles. The molecule has 3 rings (SSSR count). The van der Waals surface area contributed by atoms with E-state index in [9.17, 15) is 9.59 Å². The van der Waals surface area contributed by atoms with Crippen LogP contribution in [-0.4, -0.2) is 17.9 Å². The fourth-order valence-electron chi connectivity index (χ4n) is 5.21. The summed E-state index contributed by atoms with van der Waals surface area (Å²) in [6.45, 7) is 4.44. The van der Waals surface area contributed by atoms with Gasteiger partial charge >= 0.3 is 5.97 Å². The predicted molar refractivity (Wildman–Crippen MR) is 119 cm³/mol. The van der Waals surface area contributed by atoms with Crippen LogP contribution in [0.4, 0.5) is 0 Å². The van der Waals surface area contributed by atoms with E-state index < -0.39 is 5.60 Å². The molecule has 0 aliphatic heterocycles. The highest BCUT2D eigenvalue weighted by molar-refractivity contribution is 5.75. The van der Waals surface area contributed by atoms with E-state index in [1.54, 1.807) is 12.1 Å². The fourth-order valence-corrected chi connectivity index (χ4v) is 5.21. The van der Waals surface area contributed by atoms with Crippen molar-refractivity contribution in [2.45, 2.75) is 96.5 Å². The third-order valence-corrected chi connectivity index (χ3v) is 7.10. The summed E-state index contributed by atoms with van der Waals surface area (Å²) in [7, 11) is 0. The van der Waals surface area contributed by atoms with Crippen molar-refractivity contribution >= 4 is 12.3 Å². The van der Waals surface area contributed by atoms with E-state index in [-0.39, 0.29) is 11.9 Å². The van der Waals surface area contributed by atoms with Gasteiger partial charge in [0.1, 0.15) is 11.5 Å². The third-order valence-electron chi connectivity index (χ3n) is 7.10. The Morgan fingerprint density at radius 1 is 0.900 bits per heavy atom. The highest BCUT2D eigenvalue weighted by Crippen LogP contribution is 2.37. The lowest BCUT2D eigenvalue weighted by Crippen LogP contribution is -2.41. The van der Waals surface area contributed by atoms with Crippen molar-refractivity contribution in [1.82, 2.24) is 0 Å². The molecule has 30 heavy (non-hydrogen) atoms. The molecule has 2 aliphatic rings. The van der Waals surface area contributed by atoms with Crippen LogP contribution in [0.25, 0.3) is 0 Å². The molecular formula is C26H38O4. The average molecular weight is 415 g/mol. The number of hydrogen-bond donors (Lipinski definition) is 0. The summed E-state index contributed by atoms with van der Waals surface area (Å²) in [5.41, 5.74) is -0.709. The van der Waals surface area contributed by atoms with E-state index in [1.165, 1.54) is 25.7 Å². The van der Waals surface area contributed by atoms with Gasteiger partial charge in [-0.1, -0.05) is 39.5 Å². The Hall–Kier alpha value is -1.84. The van der Waals surface area contributed by atoms with Gasteiger partial charge in [-0.15, -0.1) is 0 Å². The zero-order valence-electron chi connectivity index (χ0n) is 18.7. The van der Waals surface area contributed by atoms with Crippen LogP contribution in [0.3, 0.4) is 0 Å². The van der Waals surface area contributed by atoms with Crippen LogP contribution >= 0.6 is 0 Å². The Balaban J connectivity index is 1.50. The lowest BCUT2D eigenvalue weighted by molar-refractivity contribution is -0.140. The Labute approximate surface area is 181 Å². The maximum absolute atomic E-state index is 12.5. The van der Waals surface area contributed by atoms with E-state index in [4.69, 9.17) is 9.47 Å². The van der Waals surface area contributed by atoms with Gasteiger partial charge in [-0.05, 0) is 87.5 Å². The van der Waals surface area contributed by atoms with Gasteiger partial charge in [0, 0.05) is 0 Å². The summed E-state index contributed by atoms with van der Waals surface area (Å²) in [4.78, 5) is 24.3. The first-order chi connectivity index (χ1) is 14.6. The zero-order valence-corrected chi connectivity index (χ0v) is 18.7. The molecule has 4 nitrogen and oxygen atoms in total. The number of benzene rings is 1. The standard InChI is InChI=1S/C26H38O4/c1-3-5-20-7-9-22(10-8-20)25(28)29-23-11-13-24(14-12-23)30-26(19-27)17-15-21(6-4-2)16-18-26/h11-14,19-22H,3-10,15-18H2,1-2H3. The molecule has 2 aliphatic carbocycles. The van der Waals surface area contributed by atoms with Crippen molar-refractivity contribution in [3.63, 3.8) is 0 Å². The number of hydrogen-bond acceptors (Lipinski definition) is 4. The SMILES string of the molecule is CCCC1CCC(C(=O)Oc2ccc(OC3(C=O)CCC(CCC)CC3)cc2)CC1. The van der Waals surface area contributed by atoms with E-state index in [0.29, 0.717) is 17.4 Å². The smallest absolute Gasteiger partial charge is 0.314 e. The van der Waals surface area contributed by atoms with Crippen molar-refractivity contribution in [3.8, 4) is 11.5 Å². The highest BCUT2D eigenvalue weighted by Gasteiger charge is 2.37. The van der Waals surface area contributed by atoms with E-state index in [1.807, 2.05) is 12.1 Å². The molecule has 0 amide bonds. The van der Waals surface area contributed by atoms with Gasteiger partial charge in [-0.25, -0.2) is 0 Å². The molecule has 1 aromatic rings. The molecule has 2 saturated carbocycles. The Morgan fingerprint density at radius 2 is 1.43 bits per heavy atom. The van der Waals surface area contributed by atoms with Crippen LogP contribution < -0.4 is 9.47 Å². The molecule has 0 unspecified atom stereocenters. The molecule has 0 bridgehead atoms. The van der Waals surface area contributed by atoms with Gasteiger partial charge in [0.2, 0.25) is 0 Å². The summed E-state index contributed by atoms with van der Waals surface area (Å²) in [5.74, 6) is 2.61. The van der Waals surface area contributed by atoms with Gasteiger partial charge in [-0.2, -0.15) is 0 Å². The highest BCUT2D eigenvalue weighted by atomic mass is 16.5. The van der Waals surface area contributed by atoms with Gasteiger partial charge in [0.25, 0.3) is 0 Å². The molecule has 166 valence electrons. The van der Waals surface area contributed by atoms with E-state index in [2.05, 4.69) is 13.8 Å². The Kier molecular flexibility index (Phi) is 8.35. The number of rotatable bonds is 9. The molecule has 0 N–H and O–H groups in total. The number of aldehydes is 1. The molecule has 0 spiro atoms. The van der Waals surface area contributed by atoms with Gasteiger partial charge in [0.05, 0.1) is 5.92 Å². The molecule has 0 aromatic heterocycles. The number of esters is 1. The fraction of sp³-hybridized carbons (Fsp3) is 0.692. The lowest BCUT2D eigenvalue weighted by Gasteiger charge is -2.36. The molecule has 0 heterocycles. The van der Waals surface area contributed by atoms with Crippen molar-refractivity contribution in [2.75, 3.05) is 0 Å². The van der Waals surface area contributed by atoms with Crippen LogP contribution in [-0.2, 0) is 9.59 Å². The summed E-state index contributed by atoms with van der Waals surface area (Å²) in [6, 6.07) is 7.17. The second-order valence-electron chi connectivity index (χ2n) is 9.42. The number of carbonyl (C=O) groups is 2. The summed E-state index contributed by atoms with van der Waals surface area (Å²) < 4.78 is 11.7. The van der Waals surface area contributed by atoms with Crippen LogP contribution in [0.1, 0.15) is 90.9 Å². The van der Waals surface area contributed by atoms with Crippen molar-refractivity contribution in [3.05, 3.63) is 24.3 Å². The monoisotopic (exact) mass is 414 g/mol. The number of ether oxygens (including phenoxy) is 2. The summed E-state index contributed by atoms with van der Waals surface area (Å²) in [5, 5.41) is 0. The van der Waals surface area contributed by atoms with Gasteiger partial charge in [0.15, 0.2) is 11.9 Å². The predicted octanol–water partition coefficient (Wildman–Crippen LogP) is 6.51. The molecule has 2 fully saturated rings. The summed E-state index contributed by atoms with van der Waals surface area (Å²) in [6.07, 6.45) is 13.7. The first kappa shape index (κ1) is 22.8. The third kappa shape index (κ3) is 6.09. The van der Waals surface area contributed by atoms with Crippen LogP contribution in [0, 0.1) is 17.8 Å². The van der Waals surface area contributed by atoms with Crippen molar-refractivity contribution < 1.29 is 19.1 Å². The van der Waals surface area contributed by atoms with Crippen molar-refractivity contribution in [2.24, 2.45) is 17.8 Å². The Morgan fingerprint density at radius 3 is 1.97 bits per heavy atom. The maximum Gasteiger partial charge on any atom is 0.314 e. The molecule has 1 aromatic carbocycles. The first-order valence-electron chi connectivity index (χ1n) is 12.0. The number of carbonyl (C=O) groups excluding carboxylic acids is 2. The molecule has 0 radical (unpaired) electrons.